The van der Waals surface area contributed by atoms with Crippen molar-refractivity contribution in [3.63, 3.8) is 0 Å². The summed E-state index contributed by atoms with van der Waals surface area (Å²) < 4.78 is 27.2. The molecule has 0 aromatic heterocycles. The Bertz CT molecular complexity index is 525. The second-order valence-corrected chi connectivity index (χ2v) is 6.69. The van der Waals surface area contributed by atoms with Crippen LogP contribution < -0.4 is 10.0 Å². The Morgan fingerprint density at radius 1 is 1.44 bits per heavy atom. The van der Waals surface area contributed by atoms with Crippen LogP contribution in [0.5, 0.6) is 0 Å². The zero-order valence-electron chi connectivity index (χ0n) is 10.2. The van der Waals surface area contributed by atoms with Crippen LogP contribution >= 0.6 is 11.6 Å². The van der Waals surface area contributed by atoms with Crippen molar-refractivity contribution in [1.82, 2.24) is 10.0 Å². The quantitative estimate of drug-likeness (QED) is 0.890. The first-order chi connectivity index (χ1) is 8.49. The van der Waals surface area contributed by atoms with Crippen LogP contribution in [0.3, 0.4) is 0 Å². The molecule has 2 N–H and O–H groups in total. The number of benzene rings is 1. The highest BCUT2D eigenvalue weighted by atomic mass is 35.5. The Hall–Kier alpha value is -0.620. The van der Waals surface area contributed by atoms with Crippen LogP contribution in [0.4, 0.5) is 0 Å². The van der Waals surface area contributed by atoms with Crippen molar-refractivity contribution in [2.24, 2.45) is 0 Å². The Morgan fingerprint density at radius 2 is 2.22 bits per heavy atom. The molecule has 0 amide bonds. The molecule has 1 aromatic rings. The van der Waals surface area contributed by atoms with E-state index in [0.717, 1.165) is 19.4 Å². The normalized spacial score (nSPS) is 20.9. The van der Waals surface area contributed by atoms with Crippen LogP contribution in [0.2, 0.25) is 5.02 Å². The van der Waals surface area contributed by atoms with Crippen molar-refractivity contribution in [2.75, 3.05) is 13.1 Å². The van der Waals surface area contributed by atoms with Gasteiger partial charge in [-0.1, -0.05) is 11.6 Å². The van der Waals surface area contributed by atoms with Gasteiger partial charge in [0.05, 0.1) is 4.90 Å². The fourth-order valence-corrected chi connectivity index (χ4v) is 3.87. The maximum absolute atomic E-state index is 12.3. The van der Waals surface area contributed by atoms with Gasteiger partial charge >= 0.3 is 0 Å². The van der Waals surface area contributed by atoms with Gasteiger partial charge in [-0.2, -0.15) is 0 Å². The van der Waals surface area contributed by atoms with Crippen molar-refractivity contribution in [2.45, 2.75) is 30.7 Å². The maximum atomic E-state index is 12.3. The first-order valence-electron chi connectivity index (χ1n) is 5.98. The van der Waals surface area contributed by atoms with E-state index in [0.29, 0.717) is 22.0 Å². The Balaban J connectivity index is 2.19. The molecule has 1 aliphatic heterocycles. The standard InChI is InChI=1S/C12H17ClN2O2S/c1-9-7-10(13)4-5-12(9)18(16,17)15-11-3-2-6-14-8-11/h4-5,7,11,14-15H,2-3,6,8H2,1H3/t11-/m0/s1. The van der Waals surface area contributed by atoms with Gasteiger partial charge in [-0.05, 0) is 50.1 Å². The summed E-state index contributed by atoms with van der Waals surface area (Å²) >= 11 is 5.83. The van der Waals surface area contributed by atoms with E-state index in [2.05, 4.69) is 10.0 Å². The number of aryl methyl sites for hydroxylation is 1. The fourth-order valence-electron chi connectivity index (χ4n) is 2.15. The molecule has 0 unspecified atom stereocenters. The lowest BCUT2D eigenvalue weighted by Gasteiger charge is -2.24. The molecule has 1 atom stereocenters. The summed E-state index contributed by atoms with van der Waals surface area (Å²) in [5.74, 6) is 0. The number of sulfonamides is 1. The third-order valence-electron chi connectivity index (χ3n) is 3.05. The molecule has 1 heterocycles. The van der Waals surface area contributed by atoms with Crippen molar-refractivity contribution in [3.8, 4) is 0 Å². The molecule has 2 rings (SSSR count). The van der Waals surface area contributed by atoms with E-state index >= 15 is 0 Å². The molecule has 0 aliphatic carbocycles. The Morgan fingerprint density at radius 3 is 2.83 bits per heavy atom. The third-order valence-corrected chi connectivity index (χ3v) is 4.96. The molecule has 1 aliphatic rings. The summed E-state index contributed by atoms with van der Waals surface area (Å²) in [6.45, 7) is 3.39. The molecule has 1 aromatic carbocycles. The second-order valence-electron chi connectivity index (χ2n) is 4.57. The highest BCUT2D eigenvalue weighted by Crippen LogP contribution is 2.20. The smallest absolute Gasteiger partial charge is 0.241 e. The summed E-state index contributed by atoms with van der Waals surface area (Å²) in [5.41, 5.74) is 0.666. The minimum absolute atomic E-state index is 0.0289. The van der Waals surface area contributed by atoms with E-state index in [1.807, 2.05) is 0 Å². The Labute approximate surface area is 113 Å². The van der Waals surface area contributed by atoms with Gasteiger partial charge in [0, 0.05) is 17.6 Å². The van der Waals surface area contributed by atoms with E-state index in [-0.39, 0.29) is 6.04 Å². The first-order valence-corrected chi connectivity index (χ1v) is 7.84. The van der Waals surface area contributed by atoms with Crippen molar-refractivity contribution in [1.29, 1.82) is 0 Å². The second kappa shape index (κ2) is 5.57. The van der Waals surface area contributed by atoms with Crippen molar-refractivity contribution >= 4 is 21.6 Å². The molecule has 0 spiro atoms. The molecular weight excluding hydrogens is 272 g/mol. The van der Waals surface area contributed by atoms with Gasteiger partial charge in [0.25, 0.3) is 0 Å². The summed E-state index contributed by atoms with van der Waals surface area (Å²) in [6, 6.07) is 4.78. The van der Waals surface area contributed by atoms with Crippen LogP contribution in [0.1, 0.15) is 18.4 Å². The lowest BCUT2D eigenvalue weighted by atomic mass is 10.1. The molecule has 4 nitrogen and oxygen atoms in total. The van der Waals surface area contributed by atoms with Crippen LogP contribution in [0, 0.1) is 6.92 Å². The number of hydrogen-bond acceptors (Lipinski definition) is 3. The third kappa shape index (κ3) is 3.23. The zero-order valence-corrected chi connectivity index (χ0v) is 11.8. The molecule has 18 heavy (non-hydrogen) atoms. The van der Waals surface area contributed by atoms with Gasteiger partial charge in [0.1, 0.15) is 0 Å². The summed E-state index contributed by atoms with van der Waals surface area (Å²) in [6.07, 6.45) is 1.87. The van der Waals surface area contributed by atoms with Gasteiger partial charge in [0.2, 0.25) is 10.0 Å². The number of piperidine rings is 1. The topological polar surface area (TPSA) is 58.2 Å². The summed E-state index contributed by atoms with van der Waals surface area (Å²) in [5, 5.41) is 3.73. The van der Waals surface area contributed by atoms with E-state index < -0.39 is 10.0 Å². The zero-order chi connectivity index (χ0) is 13.2. The van der Waals surface area contributed by atoms with Gasteiger partial charge in [-0.15, -0.1) is 0 Å². The van der Waals surface area contributed by atoms with Gasteiger partial charge in [0.15, 0.2) is 0 Å². The Kier molecular flexibility index (Phi) is 4.27. The molecule has 1 fully saturated rings. The highest BCUT2D eigenvalue weighted by molar-refractivity contribution is 7.89. The SMILES string of the molecule is Cc1cc(Cl)ccc1S(=O)(=O)N[C@H]1CCCNC1. The van der Waals surface area contributed by atoms with Crippen LogP contribution in [0.15, 0.2) is 23.1 Å². The van der Waals surface area contributed by atoms with Crippen LogP contribution in [0.25, 0.3) is 0 Å². The number of hydrogen-bond donors (Lipinski definition) is 2. The van der Waals surface area contributed by atoms with Crippen molar-refractivity contribution < 1.29 is 8.42 Å². The summed E-state index contributed by atoms with van der Waals surface area (Å²) in [4.78, 5) is 0.303. The monoisotopic (exact) mass is 288 g/mol. The highest BCUT2D eigenvalue weighted by Gasteiger charge is 2.22. The molecule has 1 saturated heterocycles. The predicted octanol–water partition coefficient (Wildman–Crippen LogP) is 1.68. The maximum Gasteiger partial charge on any atom is 0.241 e. The average Bonchev–Trinajstić information content (AvgIpc) is 2.29. The number of halogens is 1. The lowest BCUT2D eigenvalue weighted by Crippen LogP contribution is -2.45. The molecule has 0 bridgehead atoms. The van der Waals surface area contributed by atoms with E-state index in [1.54, 1.807) is 25.1 Å². The van der Waals surface area contributed by atoms with Crippen molar-refractivity contribution in [3.05, 3.63) is 28.8 Å². The molecule has 6 heteroatoms. The lowest BCUT2D eigenvalue weighted by molar-refractivity contribution is 0.428. The molecular formula is C12H17ClN2O2S. The fraction of sp³-hybridized carbons (Fsp3) is 0.500. The average molecular weight is 289 g/mol. The minimum atomic E-state index is -3.46. The largest absolute Gasteiger partial charge is 0.315 e. The molecule has 0 radical (unpaired) electrons. The van der Waals surface area contributed by atoms with Gasteiger partial charge in [-0.3, -0.25) is 0 Å². The van der Waals surface area contributed by atoms with Gasteiger partial charge < -0.3 is 5.32 Å². The predicted molar refractivity (Wildman–Crippen MR) is 72.4 cm³/mol. The molecule has 0 saturated carbocycles. The number of nitrogens with one attached hydrogen (secondary N) is 2. The molecule has 100 valence electrons. The minimum Gasteiger partial charge on any atom is -0.315 e. The summed E-state index contributed by atoms with van der Waals surface area (Å²) in [7, 11) is -3.46. The van der Waals surface area contributed by atoms with E-state index in [1.165, 1.54) is 0 Å². The van der Waals surface area contributed by atoms with Gasteiger partial charge in [-0.25, -0.2) is 13.1 Å². The van der Waals surface area contributed by atoms with Crippen LogP contribution in [-0.4, -0.2) is 27.5 Å². The number of rotatable bonds is 3. The van der Waals surface area contributed by atoms with E-state index in [4.69, 9.17) is 11.6 Å². The van der Waals surface area contributed by atoms with E-state index in [9.17, 15) is 8.42 Å². The first kappa shape index (κ1) is 13.8. The van der Waals surface area contributed by atoms with Crippen LogP contribution in [-0.2, 0) is 10.0 Å².